The number of ether oxygens (including phenoxy) is 1. The Hall–Kier alpha value is -1.26. The zero-order valence-electron chi connectivity index (χ0n) is 16.4. The normalized spacial score (nSPS) is 24.5. The van der Waals surface area contributed by atoms with Gasteiger partial charge in [0.1, 0.15) is 11.6 Å². The highest BCUT2D eigenvalue weighted by Crippen LogP contribution is 2.55. The lowest BCUT2D eigenvalue weighted by atomic mass is 9.83. The van der Waals surface area contributed by atoms with E-state index in [0.29, 0.717) is 5.41 Å². The predicted molar refractivity (Wildman–Crippen MR) is 94.7 cm³/mol. The number of rotatable bonds is 2. The van der Waals surface area contributed by atoms with Crippen LogP contribution < -0.4 is 5.32 Å². The van der Waals surface area contributed by atoms with Crippen molar-refractivity contribution >= 4 is 12.0 Å². The van der Waals surface area contributed by atoms with Gasteiger partial charge in [0.25, 0.3) is 0 Å². The van der Waals surface area contributed by atoms with E-state index < -0.39 is 17.7 Å². The summed E-state index contributed by atoms with van der Waals surface area (Å²) >= 11 is 0. The molecule has 24 heavy (non-hydrogen) atoms. The summed E-state index contributed by atoms with van der Waals surface area (Å²) in [5, 5.41) is 2.82. The van der Waals surface area contributed by atoms with E-state index in [2.05, 4.69) is 12.2 Å². The van der Waals surface area contributed by atoms with Gasteiger partial charge in [-0.3, -0.25) is 4.79 Å². The Morgan fingerprint density at radius 1 is 1.12 bits per heavy atom. The molecule has 1 heterocycles. The molecule has 0 radical (unpaired) electrons. The molecule has 2 atom stereocenters. The van der Waals surface area contributed by atoms with Gasteiger partial charge in [-0.25, -0.2) is 4.79 Å². The first-order valence-electron chi connectivity index (χ1n) is 9.13. The monoisotopic (exact) mass is 338 g/mol. The van der Waals surface area contributed by atoms with Gasteiger partial charge in [0, 0.05) is 12.6 Å². The van der Waals surface area contributed by atoms with E-state index in [1.54, 1.807) is 0 Å². The lowest BCUT2D eigenvalue weighted by molar-refractivity contribution is -0.140. The third-order valence-electron chi connectivity index (χ3n) is 5.16. The lowest BCUT2D eigenvalue weighted by Gasteiger charge is -2.42. The molecule has 2 amide bonds. The topological polar surface area (TPSA) is 58.6 Å². The van der Waals surface area contributed by atoms with Crippen molar-refractivity contribution < 1.29 is 14.3 Å². The van der Waals surface area contributed by atoms with Crippen LogP contribution in [0.25, 0.3) is 0 Å². The number of carbonyl (C=O) groups is 2. The second-order valence-corrected chi connectivity index (χ2v) is 9.78. The maximum atomic E-state index is 13.1. The quantitative estimate of drug-likeness (QED) is 0.835. The fraction of sp³-hybridized carbons (Fsp3) is 0.895. The highest BCUT2D eigenvalue weighted by atomic mass is 16.6. The average molecular weight is 338 g/mol. The Bertz CT molecular complexity index is 498. The molecule has 2 rings (SSSR count). The van der Waals surface area contributed by atoms with E-state index in [1.807, 2.05) is 46.4 Å². The summed E-state index contributed by atoms with van der Waals surface area (Å²) in [6, 6.07) is -0.345. The van der Waals surface area contributed by atoms with Crippen molar-refractivity contribution in [2.24, 2.45) is 10.8 Å². The second kappa shape index (κ2) is 6.23. The minimum Gasteiger partial charge on any atom is -0.444 e. The second-order valence-electron chi connectivity index (χ2n) is 9.78. The summed E-state index contributed by atoms with van der Waals surface area (Å²) in [7, 11) is 0. The molecule has 1 saturated carbocycles. The van der Waals surface area contributed by atoms with Crippen LogP contribution in [-0.4, -0.2) is 41.1 Å². The molecular formula is C19H34N2O3. The molecule has 0 aromatic heterocycles. The Morgan fingerprint density at radius 3 is 2.12 bits per heavy atom. The van der Waals surface area contributed by atoms with Crippen LogP contribution in [0.5, 0.6) is 0 Å². The van der Waals surface area contributed by atoms with Crippen molar-refractivity contribution in [2.75, 3.05) is 6.54 Å². The smallest absolute Gasteiger partial charge is 0.408 e. The molecule has 1 spiro atoms. The molecule has 1 N–H and O–H groups in total. The molecule has 0 unspecified atom stereocenters. The van der Waals surface area contributed by atoms with Gasteiger partial charge in [-0.15, -0.1) is 0 Å². The summed E-state index contributed by atoms with van der Waals surface area (Å²) in [5.41, 5.74) is -0.444. The van der Waals surface area contributed by atoms with E-state index >= 15 is 0 Å². The molecule has 2 fully saturated rings. The Kier molecular flexibility index (Phi) is 4.95. The molecule has 0 aromatic rings. The first-order valence-corrected chi connectivity index (χ1v) is 9.13. The molecular weight excluding hydrogens is 304 g/mol. The number of hydrogen-bond acceptors (Lipinski definition) is 3. The average Bonchev–Trinajstić information content (AvgIpc) is 3.11. The third-order valence-corrected chi connectivity index (χ3v) is 5.16. The summed E-state index contributed by atoms with van der Waals surface area (Å²) in [4.78, 5) is 27.3. The van der Waals surface area contributed by atoms with Gasteiger partial charge < -0.3 is 15.0 Å². The van der Waals surface area contributed by atoms with Crippen LogP contribution in [0.15, 0.2) is 0 Å². The van der Waals surface area contributed by atoms with Gasteiger partial charge in [0.05, 0.1) is 0 Å². The zero-order chi connectivity index (χ0) is 18.3. The molecule has 0 bridgehead atoms. The van der Waals surface area contributed by atoms with Gasteiger partial charge in [-0.1, -0.05) is 20.8 Å². The minimum absolute atomic E-state index is 0.0105. The highest BCUT2D eigenvalue weighted by molar-refractivity contribution is 5.86. The molecule has 1 saturated heterocycles. The number of nitrogens with one attached hydrogen (secondary N) is 1. The molecule has 1 aliphatic carbocycles. The summed E-state index contributed by atoms with van der Waals surface area (Å²) < 4.78 is 5.35. The molecule has 5 heteroatoms. The third kappa shape index (κ3) is 4.64. The predicted octanol–water partition coefficient (Wildman–Crippen LogP) is 3.72. The van der Waals surface area contributed by atoms with Crippen LogP contribution in [0.1, 0.15) is 74.1 Å². The van der Waals surface area contributed by atoms with Gasteiger partial charge in [0.2, 0.25) is 5.91 Å². The van der Waals surface area contributed by atoms with Gasteiger partial charge in [-0.05, 0) is 64.2 Å². The largest absolute Gasteiger partial charge is 0.444 e. The van der Waals surface area contributed by atoms with Crippen molar-refractivity contribution in [1.82, 2.24) is 10.2 Å². The van der Waals surface area contributed by atoms with Crippen LogP contribution in [0.2, 0.25) is 0 Å². The number of amides is 2. The van der Waals surface area contributed by atoms with Crippen molar-refractivity contribution in [2.45, 2.75) is 91.8 Å². The van der Waals surface area contributed by atoms with Gasteiger partial charge >= 0.3 is 6.09 Å². The van der Waals surface area contributed by atoms with Crippen molar-refractivity contribution in [3.05, 3.63) is 0 Å². The number of piperidine rings is 1. The van der Waals surface area contributed by atoms with E-state index in [-0.39, 0.29) is 17.4 Å². The maximum absolute atomic E-state index is 13.1. The van der Waals surface area contributed by atoms with E-state index in [0.717, 1.165) is 19.4 Å². The van der Waals surface area contributed by atoms with E-state index in [4.69, 9.17) is 4.74 Å². The number of hydrogen-bond donors (Lipinski definition) is 1. The zero-order valence-corrected chi connectivity index (χ0v) is 16.4. The van der Waals surface area contributed by atoms with Gasteiger partial charge in [0.15, 0.2) is 0 Å². The van der Waals surface area contributed by atoms with Crippen molar-refractivity contribution in [3.63, 3.8) is 0 Å². The maximum Gasteiger partial charge on any atom is 0.408 e. The van der Waals surface area contributed by atoms with Gasteiger partial charge in [-0.2, -0.15) is 0 Å². The molecule has 138 valence electrons. The fourth-order valence-corrected chi connectivity index (χ4v) is 3.62. The molecule has 5 nitrogen and oxygen atoms in total. The minimum atomic E-state index is -0.581. The van der Waals surface area contributed by atoms with Crippen molar-refractivity contribution in [1.29, 1.82) is 0 Å². The SMILES string of the molecule is C[C@@H]1CC2(CCN1C(=O)[C@@H](NC(=O)OC(C)(C)C)C(C)(C)C)CC2. The van der Waals surface area contributed by atoms with Crippen LogP contribution in [0.4, 0.5) is 4.79 Å². The summed E-state index contributed by atoms with van der Waals surface area (Å²) in [6.07, 6.45) is 4.25. The first-order chi connectivity index (χ1) is 10.8. The Morgan fingerprint density at radius 2 is 1.71 bits per heavy atom. The number of nitrogens with zero attached hydrogens (tertiary/aromatic N) is 1. The Labute approximate surface area is 146 Å². The Balaban J connectivity index is 2.07. The molecule has 1 aliphatic heterocycles. The van der Waals surface area contributed by atoms with Crippen LogP contribution >= 0.6 is 0 Å². The fourth-order valence-electron chi connectivity index (χ4n) is 3.62. The molecule has 2 aliphatic rings. The number of alkyl carbamates (subject to hydrolysis) is 1. The standard InChI is InChI=1S/C19H34N2O3/c1-13-12-19(8-9-19)10-11-21(13)15(22)14(17(2,3)4)20-16(23)24-18(5,6)7/h13-14H,8-12H2,1-7H3,(H,20,23)/t13-,14-/m1/s1. The van der Waals surface area contributed by atoms with Crippen LogP contribution in [0.3, 0.4) is 0 Å². The van der Waals surface area contributed by atoms with E-state index in [9.17, 15) is 9.59 Å². The molecule has 0 aromatic carbocycles. The lowest BCUT2D eigenvalue weighted by Crippen LogP contribution is -2.58. The summed E-state index contributed by atoms with van der Waals surface area (Å²) in [6.45, 7) is 14.3. The summed E-state index contributed by atoms with van der Waals surface area (Å²) in [5.74, 6) is 0.0105. The number of likely N-dealkylation sites (tertiary alicyclic amines) is 1. The van der Waals surface area contributed by atoms with Crippen LogP contribution in [-0.2, 0) is 9.53 Å². The van der Waals surface area contributed by atoms with Crippen molar-refractivity contribution in [3.8, 4) is 0 Å². The first kappa shape index (κ1) is 19.1. The highest BCUT2D eigenvalue weighted by Gasteiger charge is 2.49. The van der Waals surface area contributed by atoms with Crippen LogP contribution in [0, 0.1) is 10.8 Å². The van der Waals surface area contributed by atoms with E-state index in [1.165, 1.54) is 12.8 Å². The number of carbonyl (C=O) groups excluding carboxylic acids is 2.